The summed E-state index contributed by atoms with van der Waals surface area (Å²) in [6, 6.07) is -2.42. The molecule has 0 aromatic rings. The number of urea groups is 1. The minimum Gasteiger partial charge on any atom is -0.481 e. The molecule has 0 radical (unpaired) electrons. The van der Waals surface area contributed by atoms with Crippen molar-refractivity contribution in [2.45, 2.75) is 12.5 Å². The summed E-state index contributed by atoms with van der Waals surface area (Å²) in [6.07, 6.45) is -0.757. The SMILES string of the molecule is O=C(O)C[C@H](NC(=O)N(CCO)CCO)C(=O)O. The molecule has 0 aliphatic rings. The maximum Gasteiger partial charge on any atom is 0.326 e. The van der Waals surface area contributed by atoms with Gasteiger partial charge in [-0.3, -0.25) is 4.79 Å². The third-order valence-electron chi connectivity index (χ3n) is 2.00. The van der Waals surface area contributed by atoms with Gasteiger partial charge >= 0.3 is 18.0 Å². The van der Waals surface area contributed by atoms with Crippen molar-refractivity contribution in [3.63, 3.8) is 0 Å². The van der Waals surface area contributed by atoms with Crippen LogP contribution >= 0.6 is 0 Å². The number of aliphatic hydroxyl groups excluding tert-OH is 2. The second kappa shape index (κ2) is 8.25. The Labute approximate surface area is 103 Å². The van der Waals surface area contributed by atoms with E-state index in [1.165, 1.54) is 0 Å². The molecule has 9 nitrogen and oxygen atoms in total. The first-order valence-electron chi connectivity index (χ1n) is 5.14. The van der Waals surface area contributed by atoms with Gasteiger partial charge < -0.3 is 30.6 Å². The van der Waals surface area contributed by atoms with Gasteiger partial charge in [0.1, 0.15) is 6.04 Å². The van der Waals surface area contributed by atoms with E-state index in [1.54, 1.807) is 0 Å². The van der Waals surface area contributed by atoms with Crippen LogP contribution in [-0.4, -0.2) is 75.6 Å². The molecular weight excluding hydrogens is 248 g/mol. The van der Waals surface area contributed by atoms with Crippen LogP contribution in [0.5, 0.6) is 0 Å². The first-order valence-corrected chi connectivity index (χ1v) is 5.14. The number of carbonyl (C=O) groups is 3. The lowest BCUT2D eigenvalue weighted by molar-refractivity contribution is -0.145. The Kier molecular flexibility index (Phi) is 7.40. The predicted octanol–water partition coefficient (Wildman–Crippen LogP) is -2.09. The fraction of sp³-hybridized carbons (Fsp3) is 0.667. The molecule has 0 saturated heterocycles. The molecule has 0 unspecified atom stereocenters. The number of carboxylic acids is 2. The molecule has 0 aromatic heterocycles. The van der Waals surface area contributed by atoms with Crippen molar-refractivity contribution in [3.8, 4) is 0 Å². The van der Waals surface area contributed by atoms with Crippen LogP contribution in [0.15, 0.2) is 0 Å². The zero-order chi connectivity index (χ0) is 14.1. The van der Waals surface area contributed by atoms with Gasteiger partial charge in [-0.15, -0.1) is 0 Å². The lowest BCUT2D eigenvalue weighted by atomic mass is 10.2. The molecule has 0 rings (SSSR count). The van der Waals surface area contributed by atoms with E-state index in [9.17, 15) is 14.4 Å². The highest BCUT2D eigenvalue weighted by atomic mass is 16.4. The van der Waals surface area contributed by atoms with Gasteiger partial charge in [0.15, 0.2) is 0 Å². The molecule has 5 N–H and O–H groups in total. The molecule has 0 saturated carbocycles. The van der Waals surface area contributed by atoms with Crippen molar-refractivity contribution < 1.29 is 34.8 Å². The topological polar surface area (TPSA) is 147 Å². The summed E-state index contributed by atoms with van der Waals surface area (Å²) in [5.41, 5.74) is 0. The summed E-state index contributed by atoms with van der Waals surface area (Å²) < 4.78 is 0. The van der Waals surface area contributed by atoms with Crippen LogP contribution in [0.25, 0.3) is 0 Å². The van der Waals surface area contributed by atoms with E-state index in [4.69, 9.17) is 20.4 Å². The molecule has 2 amide bonds. The number of hydrogen-bond acceptors (Lipinski definition) is 5. The molecular formula is C9H16N2O7. The van der Waals surface area contributed by atoms with Crippen LogP contribution < -0.4 is 5.32 Å². The Balaban J connectivity index is 4.54. The summed E-state index contributed by atoms with van der Waals surface area (Å²) in [6.45, 7) is -0.897. The largest absolute Gasteiger partial charge is 0.481 e. The highest BCUT2D eigenvalue weighted by Crippen LogP contribution is 1.96. The third kappa shape index (κ3) is 6.01. The number of aliphatic carboxylic acids is 2. The molecule has 18 heavy (non-hydrogen) atoms. The van der Waals surface area contributed by atoms with E-state index in [0.29, 0.717) is 0 Å². The number of carbonyl (C=O) groups excluding carboxylic acids is 1. The van der Waals surface area contributed by atoms with Gasteiger partial charge in [-0.25, -0.2) is 9.59 Å². The van der Waals surface area contributed by atoms with Crippen molar-refractivity contribution in [3.05, 3.63) is 0 Å². The lowest BCUT2D eigenvalue weighted by Crippen LogP contribution is -2.50. The molecule has 0 bridgehead atoms. The number of rotatable bonds is 8. The molecule has 0 aliphatic heterocycles. The predicted molar refractivity (Wildman–Crippen MR) is 58.0 cm³/mol. The Morgan fingerprint density at radius 1 is 1.06 bits per heavy atom. The van der Waals surface area contributed by atoms with Crippen LogP contribution in [0.2, 0.25) is 0 Å². The molecule has 0 aromatic carbocycles. The molecule has 0 fully saturated rings. The number of amides is 2. The van der Waals surface area contributed by atoms with Gasteiger partial charge in [0.05, 0.1) is 19.6 Å². The van der Waals surface area contributed by atoms with Crippen LogP contribution in [-0.2, 0) is 9.59 Å². The van der Waals surface area contributed by atoms with Crippen molar-refractivity contribution in [1.82, 2.24) is 10.2 Å². The van der Waals surface area contributed by atoms with Crippen LogP contribution in [0.3, 0.4) is 0 Å². The van der Waals surface area contributed by atoms with Gasteiger partial charge in [-0.1, -0.05) is 0 Å². The zero-order valence-electron chi connectivity index (χ0n) is 9.57. The minimum absolute atomic E-state index is 0.0915. The standard InChI is InChI=1S/C9H16N2O7/c12-3-1-11(2-4-13)9(18)10-6(8(16)17)5-7(14)15/h6,12-13H,1-5H2,(H,10,18)(H,14,15)(H,16,17)/t6-/m0/s1. The molecule has 1 atom stereocenters. The highest BCUT2D eigenvalue weighted by Gasteiger charge is 2.25. The van der Waals surface area contributed by atoms with Gasteiger partial charge in [0, 0.05) is 13.1 Å². The molecule has 0 spiro atoms. The lowest BCUT2D eigenvalue weighted by Gasteiger charge is -2.23. The smallest absolute Gasteiger partial charge is 0.326 e. The van der Waals surface area contributed by atoms with E-state index in [1.807, 2.05) is 5.32 Å². The van der Waals surface area contributed by atoms with Crippen LogP contribution in [0.4, 0.5) is 4.79 Å². The molecule has 104 valence electrons. The summed E-state index contributed by atoms with van der Waals surface area (Å²) in [4.78, 5) is 33.7. The van der Waals surface area contributed by atoms with Gasteiger partial charge in [0.2, 0.25) is 0 Å². The Morgan fingerprint density at radius 3 is 1.89 bits per heavy atom. The zero-order valence-corrected chi connectivity index (χ0v) is 9.57. The average molecular weight is 264 g/mol. The summed E-state index contributed by atoms with van der Waals surface area (Å²) in [7, 11) is 0. The fourth-order valence-electron chi connectivity index (χ4n) is 1.17. The normalized spacial score (nSPS) is 11.7. The third-order valence-corrected chi connectivity index (χ3v) is 2.00. The molecule has 9 heteroatoms. The maximum absolute atomic E-state index is 11.6. The van der Waals surface area contributed by atoms with Crippen LogP contribution in [0.1, 0.15) is 6.42 Å². The second-order valence-electron chi connectivity index (χ2n) is 3.37. The fourth-order valence-corrected chi connectivity index (χ4v) is 1.17. The van der Waals surface area contributed by atoms with Gasteiger partial charge in [0.25, 0.3) is 0 Å². The van der Waals surface area contributed by atoms with E-state index in [-0.39, 0.29) is 26.3 Å². The maximum atomic E-state index is 11.6. The summed E-state index contributed by atoms with van der Waals surface area (Å²) >= 11 is 0. The van der Waals surface area contributed by atoms with E-state index >= 15 is 0 Å². The Morgan fingerprint density at radius 2 is 1.56 bits per heavy atom. The highest BCUT2D eigenvalue weighted by molar-refractivity contribution is 5.86. The number of hydrogen-bond donors (Lipinski definition) is 5. The van der Waals surface area contributed by atoms with Crippen molar-refractivity contribution in [1.29, 1.82) is 0 Å². The monoisotopic (exact) mass is 264 g/mol. The Bertz CT molecular complexity index is 301. The molecule has 0 heterocycles. The summed E-state index contributed by atoms with van der Waals surface area (Å²) in [5, 5.41) is 36.6. The second-order valence-corrected chi connectivity index (χ2v) is 3.37. The van der Waals surface area contributed by atoms with Crippen LogP contribution in [0, 0.1) is 0 Å². The van der Waals surface area contributed by atoms with Crippen molar-refractivity contribution in [2.24, 2.45) is 0 Å². The molecule has 0 aliphatic carbocycles. The van der Waals surface area contributed by atoms with Gasteiger partial charge in [-0.2, -0.15) is 0 Å². The van der Waals surface area contributed by atoms with E-state index < -0.39 is 30.4 Å². The number of aliphatic hydroxyl groups is 2. The quantitative estimate of drug-likeness (QED) is 0.337. The number of nitrogens with one attached hydrogen (secondary N) is 1. The number of carboxylic acid groups (broad SMARTS) is 2. The van der Waals surface area contributed by atoms with Crippen molar-refractivity contribution in [2.75, 3.05) is 26.3 Å². The van der Waals surface area contributed by atoms with Crippen molar-refractivity contribution >= 4 is 18.0 Å². The average Bonchev–Trinajstić information content (AvgIpc) is 2.27. The van der Waals surface area contributed by atoms with E-state index in [2.05, 4.69) is 0 Å². The van der Waals surface area contributed by atoms with Gasteiger partial charge in [-0.05, 0) is 0 Å². The Hall–Kier alpha value is -1.87. The number of nitrogens with zero attached hydrogens (tertiary/aromatic N) is 1. The first-order chi connectivity index (χ1) is 8.42. The first kappa shape index (κ1) is 16.1. The van der Waals surface area contributed by atoms with E-state index in [0.717, 1.165) is 4.90 Å². The minimum atomic E-state index is -1.56. The summed E-state index contributed by atoms with van der Waals surface area (Å²) in [5.74, 6) is -2.84.